The van der Waals surface area contributed by atoms with Gasteiger partial charge < -0.3 is 0 Å². The second-order valence-electron chi connectivity index (χ2n) is 5.80. The smallest absolute Gasteiger partial charge is 0.0900 e. The molecule has 0 N–H and O–H groups in total. The van der Waals surface area contributed by atoms with Crippen LogP contribution in [0.3, 0.4) is 0 Å². The number of likely N-dealkylation sites (tertiary alicyclic amines) is 1. The summed E-state index contributed by atoms with van der Waals surface area (Å²) in [5.74, 6) is 0. The van der Waals surface area contributed by atoms with Gasteiger partial charge in [0.25, 0.3) is 0 Å². The first kappa shape index (κ1) is 13.9. The highest BCUT2D eigenvalue weighted by atomic mass is 32.2. The molecule has 0 radical (unpaired) electrons. The van der Waals surface area contributed by atoms with Gasteiger partial charge in [0.2, 0.25) is 0 Å². The number of hydrogen-bond donors (Lipinski definition) is 0. The molecule has 2 aliphatic rings. The van der Waals surface area contributed by atoms with Crippen LogP contribution >= 0.6 is 23.1 Å². The molecule has 1 aliphatic carbocycles. The summed E-state index contributed by atoms with van der Waals surface area (Å²) in [6.45, 7) is 4.73. The maximum Gasteiger partial charge on any atom is 0.0900 e. The minimum Gasteiger partial charge on any atom is -0.294 e. The van der Waals surface area contributed by atoms with Crippen molar-refractivity contribution in [1.29, 1.82) is 0 Å². The molecule has 1 saturated heterocycles. The predicted molar refractivity (Wildman–Crippen MR) is 85.3 cm³/mol. The minimum absolute atomic E-state index is 0.669. The van der Waals surface area contributed by atoms with Crippen molar-refractivity contribution < 1.29 is 0 Å². The van der Waals surface area contributed by atoms with Gasteiger partial charge in [-0.2, -0.15) is 11.8 Å². The lowest BCUT2D eigenvalue weighted by Crippen LogP contribution is -2.34. The molecule has 106 valence electrons. The van der Waals surface area contributed by atoms with Crippen LogP contribution in [-0.4, -0.2) is 34.5 Å². The van der Waals surface area contributed by atoms with Gasteiger partial charge >= 0.3 is 0 Å². The van der Waals surface area contributed by atoms with Crippen molar-refractivity contribution in [1.82, 2.24) is 9.88 Å². The Morgan fingerprint density at radius 2 is 2.16 bits per heavy atom. The number of aryl methyl sites for hydroxylation is 2. The van der Waals surface area contributed by atoms with Gasteiger partial charge in [-0.3, -0.25) is 4.90 Å². The third-order valence-electron chi connectivity index (χ3n) is 4.46. The zero-order valence-corrected chi connectivity index (χ0v) is 13.7. The van der Waals surface area contributed by atoms with Crippen molar-refractivity contribution in [2.75, 3.05) is 19.3 Å². The summed E-state index contributed by atoms with van der Waals surface area (Å²) >= 11 is 4.01. The molecular formula is C15H24N2S2. The van der Waals surface area contributed by atoms with E-state index in [1.807, 2.05) is 11.3 Å². The minimum atomic E-state index is 0.669. The Morgan fingerprint density at radius 1 is 1.26 bits per heavy atom. The Morgan fingerprint density at radius 3 is 3.00 bits per heavy atom. The molecule has 0 amide bonds. The number of rotatable bonds is 2. The van der Waals surface area contributed by atoms with Gasteiger partial charge in [-0.05, 0) is 51.8 Å². The van der Waals surface area contributed by atoms with Crippen molar-refractivity contribution in [3.63, 3.8) is 0 Å². The van der Waals surface area contributed by atoms with Gasteiger partial charge in [0.1, 0.15) is 0 Å². The standard InChI is InChI=1S/C15H24N2S2/c1-11-16-13-7-5-8-14(15(13)19-11)17-9-4-3-6-12(10-17)18-2/h12,14H,3-10H2,1-2H3/t12-,14-/m1/s1. The van der Waals surface area contributed by atoms with E-state index in [9.17, 15) is 0 Å². The molecule has 1 aromatic rings. The molecule has 0 bridgehead atoms. The molecule has 2 heterocycles. The van der Waals surface area contributed by atoms with Crippen LogP contribution in [0, 0.1) is 6.92 Å². The number of thiazole rings is 1. The summed E-state index contributed by atoms with van der Waals surface area (Å²) in [4.78, 5) is 9.10. The zero-order chi connectivity index (χ0) is 13.2. The van der Waals surface area contributed by atoms with Crippen molar-refractivity contribution in [2.45, 2.75) is 56.7 Å². The fraction of sp³-hybridized carbons (Fsp3) is 0.800. The second-order valence-corrected chi connectivity index (χ2v) is 8.17. The van der Waals surface area contributed by atoms with Crippen LogP contribution in [0.5, 0.6) is 0 Å². The number of thioether (sulfide) groups is 1. The molecule has 19 heavy (non-hydrogen) atoms. The van der Waals surface area contributed by atoms with Crippen molar-refractivity contribution >= 4 is 23.1 Å². The summed E-state index contributed by atoms with van der Waals surface area (Å²) in [6, 6.07) is 0.669. The summed E-state index contributed by atoms with van der Waals surface area (Å²) < 4.78 is 0. The SMILES string of the molecule is CS[C@@H]1CCCCN([C@@H]2CCCc3nc(C)sc32)C1. The van der Waals surface area contributed by atoms with E-state index in [4.69, 9.17) is 4.98 Å². The largest absolute Gasteiger partial charge is 0.294 e. The molecule has 3 rings (SSSR count). The van der Waals surface area contributed by atoms with E-state index < -0.39 is 0 Å². The first-order valence-electron chi connectivity index (χ1n) is 7.51. The van der Waals surface area contributed by atoms with Gasteiger partial charge in [-0.15, -0.1) is 11.3 Å². The highest BCUT2D eigenvalue weighted by Gasteiger charge is 2.30. The third kappa shape index (κ3) is 3.01. The Labute approximate surface area is 125 Å². The summed E-state index contributed by atoms with van der Waals surface area (Å²) in [5, 5.41) is 2.09. The molecule has 1 aliphatic heterocycles. The number of fused-ring (bicyclic) bond motifs is 1. The molecule has 1 fully saturated rings. The fourth-order valence-electron chi connectivity index (χ4n) is 3.47. The van der Waals surface area contributed by atoms with Gasteiger partial charge in [-0.25, -0.2) is 4.98 Å². The molecule has 4 heteroatoms. The monoisotopic (exact) mass is 296 g/mol. The topological polar surface area (TPSA) is 16.1 Å². The van der Waals surface area contributed by atoms with Gasteiger partial charge in [-0.1, -0.05) is 6.42 Å². The average Bonchev–Trinajstić information content (AvgIpc) is 2.65. The zero-order valence-electron chi connectivity index (χ0n) is 12.0. The highest BCUT2D eigenvalue weighted by molar-refractivity contribution is 7.99. The Balaban J connectivity index is 1.81. The number of hydrogen-bond acceptors (Lipinski definition) is 4. The quantitative estimate of drug-likeness (QED) is 0.819. The molecule has 2 nitrogen and oxygen atoms in total. The summed E-state index contributed by atoms with van der Waals surface area (Å²) in [7, 11) is 0. The second kappa shape index (κ2) is 6.15. The van der Waals surface area contributed by atoms with Crippen LogP contribution in [0.25, 0.3) is 0 Å². The summed E-state index contributed by atoms with van der Waals surface area (Å²) in [5.41, 5.74) is 1.41. The highest BCUT2D eigenvalue weighted by Crippen LogP contribution is 2.39. The van der Waals surface area contributed by atoms with Crippen LogP contribution < -0.4 is 0 Å². The maximum atomic E-state index is 4.75. The number of nitrogens with zero attached hydrogens (tertiary/aromatic N) is 2. The molecule has 2 atom stereocenters. The average molecular weight is 297 g/mol. The molecule has 0 unspecified atom stereocenters. The molecule has 1 aromatic heterocycles. The van der Waals surface area contributed by atoms with Gasteiger partial charge in [0, 0.05) is 22.7 Å². The van der Waals surface area contributed by atoms with Crippen LogP contribution in [0.15, 0.2) is 0 Å². The predicted octanol–water partition coefficient (Wildman–Crippen LogP) is 4.05. The molecule has 0 saturated carbocycles. The Kier molecular flexibility index (Phi) is 4.50. The van der Waals surface area contributed by atoms with E-state index in [2.05, 4.69) is 29.8 Å². The Bertz CT molecular complexity index is 430. The lowest BCUT2D eigenvalue weighted by Gasteiger charge is -2.34. The van der Waals surface area contributed by atoms with E-state index >= 15 is 0 Å². The van der Waals surface area contributed by atoms with E-state index in [0.717, 1.165) is 5.25 Å². The molecule has 0 aromatic carbocycles. The fourth-order valence-corrected chi connectivity index (χ4v) is 5.36. The van der Waals surface area contributed by atoms with Crippen LogP contribution in [0.2, 0.25) is 0 Å². The lowest BCUT2D eigenvalue weighted by atomic mass is 9.96. The molecule has 0 spiro atoms. The third-order valence-corrected chi connectivity index (χ3v) is 6.63. The van der Waals surface area contributed by atoms with Crippen molar-refractivity contribution in [3.05, 3.63) is 15.6 Å². The van der Waals surface area contributed by atoms with E-state index in [1.165, 1.54) is 62.3 Å². The number of aromatic nitrogens is 1. The van der Waals surface area contributed by atoms with E-state index in [-0.39, 0.29) is 0 Å². The van der Waals surface area contributed by atoms with Crippen LogP contribution in [-0.2, 0) is 6.42 Å². The van der Waals surface area contributed by atoms with Crippen LogP contribution in [0.1, 0.15) is 53.7 Å². The summed E-state index contributed by atoms with van der Waals surface area (Å²) in [6.07, 6.45) is 10.3. The maximum absolute atomic E-state index is 4.75. The first-order valence-corrected chi connectivity index (χ1v) is 9.61. The normalized spacial score (nSPS) is 28.9. The Hall–Kier alpha value is -0.0600. The van der Waals surface area contributed by atoms with E-state index in [0.29, 0.717) is 6.04 Å². The van der Waals surface area contributed by atoms with Gasteiger partial charge in [0.05, 0.1) is 10.7 Å². The lowest BCUT2D eigenvalue weighted by molar-refractivity contribution is 0.190. The van der Waals surface area contributed by atoms with E-state index in [1.54, 1.807) is 4.88 Å². The van der Waals surface area contributed by atoms with Crippen molar-refractivity contribution in [3.8, 4) is 0 Å². The first-order chi connectivity index (χ1) is 9.28. The van der Waals surface area contributed by atoms with Gasteiger partial charge in [0.15, 0.2) is 0 Å². The molecular weight excluding hydrogens is 272 g/mol. The van der Waals surface area contributed by atoms with Crippen molar-refractivity contribution in [2.24, 2.45) is 0 Å². The van der Waals surface area contributed by atoms with Crippen LogP contribution in [0.4, 0.5) is 0 Å².